The molecule has 5 nitrogen and oxygen atoms in total. The SMILES string of the molecule is Cc1ccc(-c2c(C)cccc2C(=O)Nc2ccc3c(c2)CCN3C(=O)Cc2ccccn2)cc1. The summed E-state index contributed by atoms with van der Waals surface area (Å²) >= 11 is 0. The van der Waals surface area contributed by atoms with Crippen LogP contribution in [0.3, 0.4) is 0 Å². The molecule has 3 aromatic carbocycles. The minimum Gasteiger partial charge on any atom is -0.322 e. The Morgan fingerprint density at radius 3 is 2.54 bits per heavy atom. The van der Waals surface area contributed by atoms with Crippen LogP contribution >= 0.6 is 0 Å². The molecule has 0 spiro atoms. The van der Waals surface area contributed by atoms with Crippen LogP contribution in [-0.2, 0) is 17.6 Å². The maximum Gasteiger partial charge on any atom is 0.256 e. The molecule has 0 atom stereocenters. The zero-order valence-corrected chi connectivity index (χ0v) is 19.9. The summed E-state index contributed by atoms with van der Waals surface area (Å²) in [6.45, 7) is 4.71. The molecule has 0 bridgehead atoms. The first-order chi connectivity index (χ1) is 17.0. The number of amides is 2. The van der Waals surface area contributed by atoms with Gasteiger partial charge in [0, 0.05) is 35.4 Å². The van der Waals surface area contributed by atoms with Gasteiger partial charge < -0.3 is 10.2 Å². The highest BCUT2D eigenvalue weighted by Gasteiger charge is 2.25. The zero-order valence-electron chi connectivity index (χ0n) is 19.9. The van der Waals surface area contributed by atoms with E-state index in [1.165, 1.54) is 5.56 Å². The maximum atomic E-state index is 13.3. The molecule has 2 amide bonds. The molecule has 4 aromatic rings. The summed E-state index contributed by atoms with van der Waals surface area (Å²) in [5, 5.41) is 3.07. The molecule has 0 fully saturated rings. The van der Waals surface area contributed by atoms with Crippen LogP contribution in [0.25, 0.3) is 11.1 Å². The molecule has 35 heavy (non-hydrogen) atoms. The van der Waals surface area contributed by atoms with Gasteiger partial charge in [-0.05, 0) is 78.9 Å². The highest BCUT2D eigenvalue weighted by Crippen LogP contribution is 2.32. The van der Waals surface area contributed by atoms with Crippen molar-refractivity contribution in [2.24, 2.45) is 0 Å². The van der Waals surface area contributed by atoms with Gasteiger partial charge in [-0.1, -0.05) is 48.0 Å². The van der Waals surface area contributed by atoms with Gasteiger partial charge in [0.2, 0.25) is 5.91 Å². The lowest BCUT2D eigenvalue weighted by Gasteiger charge is -2.18. The molecule has 5 heteroatoms. The van der Waals surface area contributed by atoms with Gasteiger partial charge in [0.15, 0.2) is 0 Å². The van der Waals surface area contributed by atoms with Gasteiger partial charge in [0.25, 0.3) is 5.91 Å². The molecular formula is C30H27N3O2. The van der Waals surface area contributed by atoms with Gasteiger partial charge in [-0.25, -0.2) is 0 Å². The first-order valence-corrected chi connectivity index (χ1v) is 11.8. The predicted octanol–water partition coefficient (Wildman–Crippen LogP) is 5.75. The topological polar surface area (TPSA) is 62.3 Å². The van der Waals surface area contributed by atoms with Crippen LogP contribution in [0.2, 0.25) is 0 Å². The number of hydrogen-bond donors (Lipinski definition) is 1. The first kappa shape index (κ1) is 22.5. The third-order valence-corrected chi connectivity index (χ3v) is 6.45. The average molecular weight is 462 g/mol. The molecule has 0 radical (unpaired) electrons. The molecule has 1 aliphatic heterocycles. The Morgan fingerprint density at radius 2 is 1.77 bits per heavy atom. The lowest BCUT2D eigenvalue weighted by Crippen LogP contribution is -2.30. The standard InChI is InChI=1S/C30H27N3O2/c1-20-9-11-22(12-10-20)29-21(2)6-5-8-26(29)30(35)32-25-13-14-27-23(18-25)15-17-33(27)28(34)19-24-7-3-4-16-31-24/h3-14,16,18H,15,17,19H2,1-2H3,(H,32,35). The summed E-state index contributed by atoms with van der Waals surface area (Å²) in [6.07, 6.45) is 2.73. The van der Waals surface area contributed by atoms with Crippen molar-refractivity contribution < 1.29 is 9.59 Å². The van der Waals surface area contributed by atoms with E-state index in [9.17, 15) is 9.59 Å². The summed E-state index contributed by atoms with van der Waals surface area (Å²) in [5.41, 5.74) is 8.28. The summed E-state index contributed by atoms with van der Waals surface area (Å²) in [5.74, 6) is -0.118. The van der Waals surface area contributed by atoms with Gasteiger partial charge in [-0.3, -0.25) is 14.6 Å². The van der Waals surface area contributed by atoms with E-state index < -0.39 is 0 Å². The average Bonchev–Trinajstić information content (AvgIpc) is 3.29. The van der Waals surface area contributed by atoms with Gasteiger partial charge in [-0.2, -0.15) is 0 Å². The summed E-state index contributed by atoms with van der Waals surface area (Å²) in [4.78, 5) is 32.3. The van der Waals surface area contributed by atoms with E-state index in [-0.39, 0.29) is 18.2 Å². The van der Waals surface area contributed by atoms with Crippen molar-refractivity contribution in [3.05, 3.63) is 113 Å². The van der Waals surface area contributed by atoms with Crippen LogP contribution in [-0.4, -0.2) is 23.3 Å². The molecule has 1 aromatic heterocycles. The normalized spacial score (nSPS) is 12.3. The Labute approximate surface area is 205 Å². The van der Waals surface area contributed by atoms with Gasteiger partial charge in [-0.15, -0.1) is 0 Å². The smallest absolute Gasteiger partial charge is 0.256 e. The number of nitrogens with zero attached hydrogens (tertiary/aromatic N) is 2. The highest BCUT2D eigenvalue weighted by atomic mass is 16.2. The number of pyridine rings is 1. The van der Waals surface area contributed by atoms with E-state index in [0.717, 1.165) is 45.7 Å². The molecule has 2 heterocycles. The zero-order chi connectivity index (χ0) is 24.4. The van der Waals surface area contributed by atoms with Crippen molar-refractivity contribution in [3.8, 4) is 11.1 Å². The molecule has 5 rings (SSSR count). The minimum atomic E-state index is -0.148. The summed E-state index contributed by atoms with van der Waals surface area (Å²) in [6, 6.07) is 25.4. The number of rotatable bonds is 5. The lowest BCUT2D eigenvalue weighted by atomic mass is 9.94. The molecule has 174 valence electrons. The van der Waals surface area contributed by atoms with Crippen LogP contribution in [0.1, 0.15) is 32.7 Å². The maximum absolute atomic E-state index is 13.3. The fraction of sp³-hybridized carbons (Fsp3) is 0.167. The van der Waals surface area contributed by atoms with E-state index in [2.05, 4.69) is 41.5 Å². The summed E-state index contributed by atoms with van der Waals surface area (Å²) < 4.78 is 0. The molecule has 0 unspecified atom stereocenters. The quantitative estimate of drug-likeness (QED) is 0.412. The molecular weight excluding hydrogens is 434 g/mol. The molecule has 0 aliphatic carbocycles. The lowest BCUT2D eigenvalue weighted by molar-refractivity contribution is -0.117. The van der Waals surface area contributed by atoms with Crippen molar-refractivity contribution >= 4 is 23.2 Å². The number of nitrogens with one attached hydrogen (secondary N) is 1. The van der Waals surface area contributed by atoms with Crippen molar-refractivity contribution in [2.75, 3.05) is 16.8 Å². The number of carbonyl (C=O) groups is 2. The second-order valence-corrected chi connectivity index (χ2v) is 8.95. The number of benzene rings is 3. The van der Waals surface area contributed by atoms with Crippen molar-refractivity contribution in [2.45, 2.75) is 26.7 Å². The Kier molecular flexibility index (Phi) is 6.15. The number of carbonyl (C=O) groups excluding carboxylic acids is 2. The second kappa shape index (κ2) is 9.55. The number of aryl methyl sites for hydroxylation is 2. The van der Waals surface area contributed by atoms with Crippen LogP contribution in [0.4, 0.5) is 11.4 Å². The van der Waals surface area contributed by atoms with E-state index in [4.69, 9.17) is 0 Å². The Hall–Kier alpha value is -4.25. The largest absolute Gasteiger partial charge is 0.322 e. The first-order valence-electron chi connectivity index (χ1n) is 11.8. The Balaban J connectivity index is 1.35. The number of hydrogen-bond acceptors (Lipinski definition) is 3. The van der Waals surface area contributed by atoms with Gasteiger partial charge >= 0.3 is 0 Å². The predicted molar refractivity (Wildman–Crippen MR) is 140 cm³/mol. The van der Waals surface area contributed by atoms with Gasteiger partial charge in [0.05, 0.1) is 6.42 Å². The third-order valence-electron chi connectivity index (χ3n) is 6.45. The third kappa shape index (κ3) is 4.71. The van der Waals surface area contributed by atoms with Crippen molar-refractivity contribution in [3.63, 3.8) is 0 Å². The summed E-state index contributed by atoms with van der Waals surface area (Å²) in [7, 11) is 0. The molecule has 1 aliphatic rings. The van der Waals surface area contributed by atoms with E-state index in [1.54, 1.807) is 6.20 Å². The minimum absolute atomic E-state index is 0.0294. The van der Waals surface area contributed by atoms with Crippen LogP contribution in [0.5, 0.6) is 0 Å². The molecule has 0 saturated carbocycles. The van der Waals surface area contributed by atoms with Crippen LogP contribution < -0.4 is 10.2 Å². The fourth-order valence-corrected chi connectivity index (χ4v) is 4.65. The number of aromatic nitrogens is 1. The number of anilines is 2. The van der Waals surface area contributed by atoms with Crippen molar-refractivity contribution in [1.82, 2.24) is 4.98 Å². The van der Waals surface area contributed by atoms with E-state index in [1.807, 2.05) is 66.4 Å². The van der Waals surface area contributed by atoms with E-state index in [0.29, 0.717) is 12.1 Å². The van der Waals surface area contributed by atoms with Crippen LogP contribution in [0.15, 0.2) is 85.1 Å². The molecule has 0 saturated heterocycles. The Morgan fingerprint density at radius 1 is 0.943 bits per heavy atom. The Bertz CT molecular complexity index is 1400. The van der Waals surface area contributed by atoms with E-state index >= 15 is 0 Å². The molecule has 1 N–H and O–H groups in total. The fourth-order valence-electron chi connectivity index (χ4n) is 4.65. The highest BCUT2D eigenvalue weighted by molar-refractivity contribution is 6.09. The second-order valence-electron chi connectivity index (χ2n) is 8.95. The monoisotopic (exact) mass is 461 g/mol. The number of fused-ring (bicyclic) bond motifs is 1. The van der Waals surface area contributed by atoms with Crippen molar-refractivity contribution in [1.29, 1.82) is 0 Å². The van der Waals surface area contributed by atoms with Gasteiger partial charge in [0.1, 0.15) is 0 Å². The van der Waals surface area contributed by atoms with Crippen LogP contribution in [0, 0.1) is 13.8 Å².